The minimum atomic E-state index is 0.245. The van der Waals surface area contributed by atoms with Crippen LogP contribution < -0.4 is 14.8 Å². The maximum atomic E-state index is 5.37. The molecule has 1 aromatic heterocycles. The van der Waals surface area contributed by atoms with Gasteiger partial charge in [-0.1, -0.05) is 6.07 Å². The van der Waals surface area contributed by atoms with E-state index in [0.717, 1.165) is 23.6 Å². The zero-order chi connectivity index (χ0) is 12.4. The van der Waals surface area contributed by atoms with Gasteiger partial charge in [0.1, 0.15) is 0 Å². The van der Waals surface area contributed by atoms with Crippen molar-refractivity contribution in [1.82, 2.24) is 5.32 Å². The minimum Gasteiger partial charge on any atom is -0.472 e. The summed E-state index contributed by atoms with van der Waals surface area (Å²) in [5.41, 5.74) is 2.32. The first kappa shape index (κ1) is 11.2. The second-order valence-electron chi connectivity index (χ2n) is 4.35. The fourth-order valence-corrected chi connectivity index (χ4v) is 1.96. The fraction of sp³-hybridized carbons (Fsp3) is 0.286. The van der Waals surface area contributed by atoms with Crippen LogP contribution in [0.3, 0.4) is 0 Å². The molecule has 0 aliphatic carbocycles. The first-order valence-corrected chi connectivity index (χ1v) is 5.97. The van der Waals surface area contributed by atoms with Gasteiger partial charge in [0.2, 0.25) is 6.79 Å². The Balaban J connectivity index is 1.67. The molecule has 0 saturated carbocycles. The van der Waals surface area contributed by atoms with Gasteiger partial charge in [-0.2, -0.15) is 0 Å². The van der Waals surface area contributed by atoms with Crippen LogP contribution in [0.2, 0.25) is 0 Å². The highest BCUT2D eigenvalue weighted by Gasteiger charge is 2.15. The molecule has 0 spiro atoms. The molecule has 1 N–H and O–H groups in total. The van der Waals surface area contributed by atoms with Gasteiger partial charge < -0.3 is 19.2 Å². The third-order valence-electron chi connectivity index (χ3n) is 3.09. The van der Waals surface area contributed by atoms with Crippen LogP contribution in [0.1, 0.15) is 24.1 Å². The normalized spacial score (nSPS) is 14.7. The van der Waals surface area contributed by atoms with E-state index in [1.54, 1.807) is 12.5 Å². The summed E-state index contributed by atoms with van der Waals surface area (Å²) in [6, 6.07) is 8.23. The summed E-state index contributed by atoms with van der Waals surface area (Å²) >= 11 is 0. The zero-order valence-corrected chi connectivity index (χ0v) is 10.2. The molecule has 4 nitrogen and oxygen atoms in total. The molecule has 0 radical (unpaired) electrons. The van der Waals surface area contributed by atoms with Crippen LogP contribution in [0.5, 0.6) is 11.5 Å². The van der Waals surface area contributed by atoms with Crippen molar-refractivity contribution in [2.45, 2.75) is 19.5 Å². The summed E-state index contributed by atoms with van der Waals surface area (Å²) in [4.78, 5) is 0. The Labute approximate surface area is 106 Å². The van der Waals surface area contributed by atoms with Crippen molar-refractivity contribution in [2.75, 3.05) is 6.79 Å². The lowest BCUT2D eigenvalue weighted by atomic mass is 10.1. The second kappa shape index (κ2) is 4.74. The van der Waals surface area contributed by atoms with Crippen molar-refractivity contribution in [3.05, 3.63) is 47.9 Å². The average Bonchev–Trinajstić information content (AvgIpc) is 3.05. The number of benzene rings is 1. The van der Waals surface area contributed by atoms with E-state index in [1.165, 1.54) is 5.56 Å². The average molecular weight is 245 g/mol. The molecule has 2 heterocycles. The van der Waals surface area contributed by atoms with Crippen LogP contribution in [0.4, 0.5) is 0 Å². The summed E-state index contributed by atoms with van der Waals surface area (Å²) in [5, 5.41) is 3.44. The number of rotatable bonds is 4. The van der Waals surface area contributed by atoms with Gasteiger partial charge in [0.05, 0.1) is 12.5 Å². The Bertz CT molecular complexity index is 522. The molecule has 1 aromatic carbocycles. The molecule has 1 aliphatic heterocycles. The van der Waals surface area contributed by atoms with E-state index < -0.39 is 0 Å². The van der Waals surface area contributed by atoms with Crippen molar-refractivity contribution >= 4 is 0 Å². The lowest BCUT2D eigenvalue weighted by molar-refractivity contribution is 0.174. The van der Waals surface area contributed by atoms with Crippen molar-refractivity contribution in [3.63, 3.8) is 0 Å². The van der Waals surface area contributed by atoms with E-state index in [9.17, 15) is 0 Å². The molecule has 0 fully saturated rings. The van der Waals surface area contributed by atoms with Crippen molar-refractivity contribution < 1.29 is 13.9 Å². The quantitative estimate of drug-likeness (QED) is 0.899. The van der Waals surface area contributed by atoms with Crippen molar-refractivity contribution in [2.24, 2.45) is 0 Å². The third-order valence-corrected chi connectivity index (χ3v) is 3.09. The largest absolute Gasteiger partial charge is 0.472 e. The van der Waals surface area contributed by atoms with Gasteiger partial charge in [0.15, 0.2) is 11.5 Å². The smallest absolute Gasteiger partial charge is 0.231 e. The Morgan fingerprint density at radius 1 is 1.22 bits per heavy atom. The van der Waals surface area contributed by atoms with E-state index in [-0.39, 0.29) is 6.04 Å². The predicted molar refractivity (Wildman–Crippen MR) is 66.5 cm³/mol. The van der Waals surface area contributed by atoms with E-state index in [0.29, 0.717) is 6.79 Å². The van der Waals surface area contributed by atoms with Gasteiger partial charge in [-0.25, -0.2) is 0 Å². The Kier molecular flexibility index (Phi) is 2.94. The maximum Gasteiger partial charge on any atom is 0.231 e. The molecule has 1 unspecified atom stereocenters. The maximum absolute atomic E-state index is 5.37. The van der Waals surface area contributed by atoms with Gasteiger partial charge in [-0.3, -0.25) is 0 Å². The van der Waals surface area contributed by atoms with E-state index >= 15 is 0 Å². The highest BCUT2D eigenvalue weighted by molar-refractivity contribution is 5.45. The van der Waals surface area contributed by atoms with E-state index in [4.69, 9.17) is 13.9 Å². The number of furan rings is 1. The van der Waals surface area contributed by atoms with Gasteiger partial charge in [0, 0.05) is 18.2 Å². The van der Waals surface area contributed by atoms with Crippen LogP contribution in [-0.4, -0.2) is 6.79 Å². The number of ether oxygens (including phenoxy) is 2. The molecule has 4 heteroatoms. The molecule has 18 heavy (non-hydrogen) atoms. The molecular formula is C14H15NO3. The first-order chi connectivity index (χ1) is 8.83. The summed E-state index contributed by atoms with van der Waals surface area (Å²) < 4.78 is 15.7. The summed E-state index contributed by atoms with van der Waals surface area (Å²) in [7, 11) is 0. The predicted octanol–water partition coefficient (Wildman–Crippen LogP) is 2.86. The lowest BCUT2D eigenvalue weighted by Gasteiger charge is -2.14. The van der Waals surface area contributed by atoms with Crippen LogP contribution in [-0.2, 0) is 6.54 Å². The van der Waals surface area contributed by atoms with Crippen molar-refractivity contribution in [1.29, 1.82) is 0 Å². The van der Waals surface area contributed by atoms with Gasteiger partial charge >= 0.3 is 0 Å². The second-order valence-corrected chi connectivity index (χ2v) is 4.35. The Morgan fingerprint density at radius 3 is 2.94 bits per heavy atom. The Hall–Kier alpha value is -1.94. The number of nitrogens with one attached hydrogen (secondary N) is 1. The lowest BCUT2D eigenvalue weighted by Crippen LogP contribution is -2.17. The minimum absolute atomic E-state index is 0.245. The number of fused-ring (bicyclic) bond motifs is 1. The SMILES string of the molecule is CC(NCc1ccoc1)c1ccc2c(c1)OCO2. The van der Waals surface area contributed by atoms with Crippen LogP contribution >= 0.6 is 0 Å². The van der Waals surface area contributed by atoms with E-state index in [2.05, 4.69) is 18.3 Å². The fourth-order valence-electron chi connectivity index (χ4n) is 1.96. The first-order valence-electron chi connectivity index (χ1n) is 5.97. The molecule has 2 aromatic rings. The number of hydrogen-bond acceptors (Lipinski definition) is 4. The standard InChI is InChI=1S/C14H15NO3/c1-10(15-7-11-4-5-16-8-11)12-2-3-13-14(6-12)18-9-17-13/h2-6,8,10,15H,7,9H2,1H3. The van der Waals surface area contributed by atoms with Crippen LogP contribution in [0, 0.1) is 0 Å². The monoisotopic (exact) mass is 245 g/mol. The highest BCUT2D eigenvalue weighted by atomic mass is 16.7. The third kappa shape index (κ3) is 2.19. The highest BCUT2D eigenvalue weighted by Crippen LogP contribution is 2.34. The molecule has 0 amide bonds. The summed E-state index contributed by atoms with van der Waals surface area (Å²) in [5.74, 6) is 1.64. The van der Waals surface area contributed by atoms with Crippen LogP contribution in [0.25, 0.3) is 0 Å². The molecular weight excluding hydrogens is 230 g/mol. The molecule has 0 bridgehead atoms. The Morgan fingerprint density at radius 2 is 2.11 bits per heavy atom. The zero-order valence-electron chi connectivity index (χ0n) is 10.2. The molecule has 3 rings (SSSR count). The number of hydrogen-bond donors (Lipinski definition) is 1. The van der Waals surface area contributed by atoms with Crippen LogP contribution in [0.15, 0.2) is 41.2 Å². The van der Waals surface area contributed by atoms with Gasteiger partial charge in [-0.15, -0.1) is 0 Å². The summed E-state index contributed by atoms with van der Waals surface area (Å²) in [6.07, 6.45) is 3.43. The molecule has 0 saturated heterocycles. The van der Waals surface area contributed by atoms with Crippen molar-refractivity contribution in [3.8, 4) is 11.5 Å². The molecule has 94 valence electrons. The van der Waals surface area contributed by atoms with Gasteiger partial charge in [-0.05, 0) is 30.7 Å². The summed E-state index contributed by atoms with van der Waals surface area (Å²) in [6.45, 7) is 3.22. The molecule has 1 atom stereocenters. The topological polar surface area (TPSA) is 43.6 Å². The molecule has 1 aliphatic rings. The van der Waals surface area contributed by atoms with E-state index in [1.807, 2.05) is 18.2 Å². The van der Waals surface area contributed by atoms with Gasteiger partial charge in [0.25, 0.3) is 0 Å².